The second-order valence-electron chi connectivity index (χ2n) is 7.32. The first-order chi connectivity index (χ1) is 16.0. The molecule has 6 nitrogen and oxygen atoms in total. The van der Waals surface area contributed by atoms with Crippen molar-refractivity contribution in [3.05, 3.63) is 103 Å². The molecule has 33 heavy (non-hydrogen) atoms. The molecule has 0 unspecified atom stereocenters. The molecule has 0 aliphatic heterocycles. The molecule has 3 aromatic heterocycles. The molecule has 1 N–H and O–H groups in total. The van der Waals surface area contributed by atoms with Crippen LogP contribution in [0.1, 0.15) is 0 Å². The number of anilines is 1. The summed E-state index contributed by atoms with van der Waals surface area (Å²) in [4.78, 5) is 12.8. The fourth-order valence-electron chi connectivity index (χ4n) is 3.58. The minimum absolute atomic E-state index is 0.0422. The van der Waals surface area contributed by atoms with Gasteiger partial charge in [-0.2, -0.15) is 0 Å². The lowest BCUT2D eigenvalue weighted by Crippen LogP contribution is -2.13. The summed E-state index contributed by atoms with van der Waals surface area (Å²) in [6.45, 7) is 0. The van der Waals surface area contributed by atoms with Gasteiger partial charge in [-0.25, -0.2) is 8.42 Å². The van der Waals surface area contributed by atoms with E-state index in [-0.39, 0.29) is 4.90 Å². The highest BCUT2D eigenvalue weighted by atomic mass is 35.5. The van der Waals surface area contributed by atoms with Crippen LogP contribution >= 0.6 is 11.6 Å². The highest BCUT2D eigenvalue weighted by molar-refractivity contribution is 7.92. The van der Waals surface area contributed by atoms with Gasteiger partial charge in [-0.05, 0) is 65.2 Å². The lowest BCUT2D eigenvalue weighted by Gasteiger charge is -2.11. The minimum atomic E-state index is -3.88. The number of fused-ring (bicyclic) bond motifs is 1. The van der Waals surface area contributed by atoms with E-state index >= 15 is 0 Å². The van der Waals surface area contributed by atoms with Gasteiger partial charge in [0.15, 0.2) is 0 Å². The smallest absolute Gasteiger partial charge is 0.263 e. The van der Waals surface area contributed by atoms with Crippen LogP contribution in [0.25, 0.3) is 33.2 Å². The number of halogens is 1. The summed E-state index contributed by atoms with van der Waals surface area (Å²) >= 11 is 6.11. The van der Waals surface area contributed by atoms with Crippen molar-refractivity contribution in [3.63, 3.8) is 0 Å². The van der Waals surface area contributed by atoms with Crippen molar-refractivity contribution in [1.29, 1.82) is 0 Å². The van der Waals surface area contributed by atoms with Gasteiger partial charge in [-0.3, -0.25) is 19.7 Å². The quantitative estimate of drug-likeness (QED) is 0.348. The molecular weight excluding hydrogens is 456 g/mol. The third-order valence-electron chi connectivity index (χ3n) is 5.21. The topological polar surface area (TPSA) is 84.8 Å². The summed E-state index contributed by atoms with van der Waals surface area (Å²) in [6, 6.07) is 19.9. The van der Waals surface area contributed by atoms with Crippen molar-refractivity contribution >= 4 is 38.2 Å². The third kappa shape index (κ3) is 4.28. The number of aromatic nitrogens is 3. The van der Waals surface area contributed by atoms with Crippen LogP contribution in [0.4, 0.5) is 5.69 Å². The van der Waals surface area contributed by atoms with E-state index in [9.17, 15) is 8.42 Å². The van der Waals surface area contributed by atoms with Crippen LogP contribution in [-0.2, 0) is 10.0 Å². The Morgan fingerprint density at radius 2 is 1.58 bits per heavy atom. The van der Waals surface area contributed by atoms with Crippen LogP contribution in [-0.4, -0.2) is 23.4 Å². The minimum Gasteiger partial charge on any atom is -0.278 e. The molecule has 0 spiro atoms. The third-order valence-corrected chi connectivity index (χ3v) is 6.87. The normalized spacial score (nSPS) is 11.4. The Morgan fingerprint density at radius 1 is 0.758 bits per heavy atom. The molecule has 8 heteroatoms. The Hall–Kier alpha value is -3.81. The summed E-state index contributed by atoms with van der Waals surface area (Å²) in [7, 11) is -3.88. The van der Waals surface area contributed by atoms with E-state index in [0.29, 0.717) is 16.3 Å². The van der Waals surface area contributed by atoms with Gasteiger partial charge in [0, 0.05) is 41.9 Å². The molecule has 0 saturated heterocycles. The average molecular weight is 473 g/mol. The maximum absolute atomic E-state index is 13.0. The van der Waals surface area contributed by atoms with Crippen LogP contribution in [0, 0.1) is 0 Å². The number of nitrogens with zero attached hydrogens (tertiary/aromatic N) is 3. The molecule has 5 rings (SSSR count). The second-order valence-corrected chi connectivity index (χ2v) is 9.41. The summed E-state index contributed by atoms with van der Waals surface area (Å²) < 4.78 is 28.5. The van der Waals surface area contributed by atoms with Crippen molar-refractivity contribution in [3.8, 4) is 22.3 Å². The molecule has 3 heterocycles. The standard InChI is InChI=1S/C25H17ClN4O2S/c26-23-3-1-2-4-25(23)30-33(31,32)20-13-19(15-28-16-20)18-5-6-24-22(14-18)21(9-12-29-24)17-7-10-27-11-8-17/h1-16,30H. The molecule has 0 aliphatic carbocycles. The zero-order valence-electron chi connectivity index (χ0n) is 17.2. The highest BCUT2D eigenvalue weighted by Crippen LogP contribution is 2.32. The predicted molar refractivity (Wildman–Crippen MR) is 130 cm³/mol. The van der Waals surface area contributed by atoms with Crippen LogP contribution in [0.5, 0.6) is 0 Å². The van der Waals surface area contributed by atoms with Gasteiger partial charge < -0.3 is 0 Å². The Bertz CT molecular complexity index is 1570. The number of para-hydroxylation sites is 1. The predicted octanol–water partition coefficient (Wildman–Crippen LogP) is 5.81. The van der Waals surface area contributed by atoms with Crippen molar-refractivity contribution in [2.24, 2.45) is 0 Å². The summed E-state index contributed by atoms with van der Waals surface area (Å²) in [5, 5.41) is 1.26. The molecule has 0 bridgehead atoms. The molecular formula is C25H17ClN4O2S. The van der Waals surface area contributed by atoms with Crippen LogP contribution in [0.15, 0.2) is 103 Å². The molecule has 0 saturated carbocycles. The molecule has 0 radical (unpaired) electrons. The fraction of sp³-hybridized carbons (Fsp3) is 0. The van der Waals surface area contributed by atoms with Crippen molar-refractivity contribution < 1.29 is 8.42 Å². The molecule has 2 aromatic carbocycles. The zero-order chi connectivity index (χ0) is 22.8. The number of hydrogen-bond donors (Lipinski definition) is 1. The van der Waals surface area contributed by atoms with Gasteiger partial charge in [-0.15, -0.1) is 0 Å². The first kappa shape index (κ1) is 21.1. The number of benzene rings is 2. The summed E-state index contributed by atoms with van der Waals surface area (Å²) in [6.07, 6.45) is 8.21. The largest absolute Gasteiger partial charge is 0.278 e. The number of rotatable bonds is 5. The lowest BCUT2D eigenvalue weighted by molar-refractivity contribution is 0.601. The van der Waals surface area contributed by atoms with Crippen molar-refractivity contribution in [2.45, 2.75) is 4.90 Å². The Kier molecular flexibility index (Phi) is 5.50. The lowest BCUT2D eigenvalue weighted by atomic mass is 9.98. The van der Waals surface area contributed by atoms with E-state index in [1.54, 1.807) is 55.1 Å². The summed E-state index contributed by atoms with van der Waals surface area (Å²) in [5.41, 5.74) is 4.68. The molecule has 0 aliphatic rings. The van der Waals surface area contributed by atoms with Gasteiger partial charge in [0.25, 0.3) is 10.0 Å². The zero-order valence-corrected chi connectivity index (χ0v) is 18.8. The molecule has 162 valence electrons. The first-order valence-corrected chi connectivity index (χ1v) is 11.9. The van der Waals surface area contributed by atoms with E-state index in [1.807, 2.05) is 36.4 Å². The first-order valence-electron chi connectivity index (χ1n) is 10.0. The number of nitrogens with one attached hydrogen (secondary N) is 1. The maximum Gasteiger partial charge on any atom is 0.263 e. The van der Waals surface area contributed by atoms with E-state index < -0.39 is 10.0 Å². The Labute approximate surface area is 196 Å². The van der Waals surface area contributed by atoms with Crippen LogP contribution < -0.4 is 4.72 Å². The van der Waals surface area contributed by atoms with Crippen molar-refractivity contribution in [1.82, 2.24) is 15.0 Å². The van der Waals surface area contributed by atoms with E-state index in [0.717, 1.165) is 27.6 Å². The monoisotopic (exact) mass is 472 g/mol. The van der Waals surface area contributed by atoms with E-state index in [4.69, 9.17) is 11.6 Å². The van der Waals surface area contributed by atoms with Crippen molar-refractivity contribution in [2.75, 3.05) is 4.72 Å². The van der Waals surface area contributed by atoms with Gasteiger partial charge in [-0.1, -0.05) is 29.8 Å². The maximum atomic E-state index is 13.0. The Balaban J connectivity index is 1.56. The average Bonchev–Trinajstić information content (AvgIpc) is 2.85. The number of sulfonamides is 1. The molecule has 0 amide bonds. The molecule has 0 atom stereocenters. The second kappa shape index (κ2) is 8.61. The van der Waals surface area contributed by atoms with Crippen LogP contribution in [0.3, 0.4) is 0 Å². The SMILES string of the molecule is O=S(=O)(Nc1ccccc1Cl)c1cncc(-c2ccc3nccc(-c4ccncc4)c3c2)c1. The van der Waals surface area contributed by atoms with Crippen LogP contribution in [0.2, 0.25) is 5.02 Å². The van der Waals surface area contributed by atoms with E-state index in [1.165, 1.54) is 6.20 Å². The fourth-order valence-corrected chi connectivity index (χ4v) is 4.89. The van der Waals surface area contributed by atoms with Gasteiger partial charge >= 0.3 is 0 Å². The Morgan fingerprint density at radius 3 is 2.39 bits per heavy atom. The highest BCUT2D eigenvalue weighted by Gasteiger charge is 2.17. The molecule has 0 fully saturated rings. The number of hydrogen-bond acceptors (Lipinski definition) is 5. The molecule has 5 aromatic rings. The number of pyridine rings is 3. The van der Waals surface area contributed by atoms with Gasteiger partial charge in [0.1, 0.15) is 4.90 Å². The van der Waals surface area contributed by atoms with Gasteiger partial charge in [0.05, 0.1) is 16.2 Å². The summed E-state index contributed by atoms with van der Waals surface area (Å²) in [5.74, 6) is 0. The van der Waals surface area contributed by atoms with Gasteiger partial charge in [0.2, 0.25) is 0 Å². The van der Waals surface area contributed by atoms with E-state index in [2.05, 4.69) is 19.7 Å².